The Kier molecular flexibility index (Phi) is 5.21. The van der Waals surface area contributed by atoms with Gasteiger partial charge in [0.1, 0.15) is 17.6 Å². The lowest BCUT2D eigenvalue weighted by Gasteiger charge is -2.26. The largest absolute Gasteiger partial charge is 0.507 e. The molecule has 1 amide bonds. The van der Waals surface area contributed by atoms with Gasteiger partial charge in [0.15, 0.2) is 0 Å². The Morgan fingerprint density at radius 3 is 2.73 bits per heavy atom. The van der Waals surface area contributed by atoms with Crippen LogP contribution in [-0.4, -0.2) is 28.4 Å². The first-order chi connectivity index (χ1) is 16.0. The predicted molar refractivity (Wildman–Crippen MR) is 125 cm³/mol. The fraction of sp³-hybridized carbons (Fsp3) is 0.222. The maximum atomic E-state index is 13.3. The molecule has 0 spiro atoms. The molecule has 6 nitrogen and oxygen atoms in total. The first-order valence-electron chi connectivity index (χ1n) is 11.0. The van der Waals surface area contributed by atoms with Gasteiger partial charge in [-0.25, -0.2) is 0 Å². The van der Waals surface area contributed by atoms with Crippen molar-refractivity contribution in [2.45, 2.75) is 32.7 Å². The van der Waals surface area contributed by atoms with Gasteiger partial charge in [-0.2, -0.15) is 0 Å². The number of hydrogen-bond donors (Lipinski definition) is 1. The first kappa shape index (κ1) is 20.9. The van der Waals surface area contributed by atoms with Crippen LogP contribution in [0, 0.1) is 13.8 Å². The van der Waals surface area contributed by atoms with Gasteiger partial charge in [-0.1, -0.05) is 18.2 Å². The summed E-state index contributed by atoms with van der Waals surface area (Å²) in [6.45, 7) is 4.54. The van der Waals surface area contributed by atoms with E-state index in [1.165, 1.54) is 4.90 Å². The fourth-order valence-corrected chi connectivity index (χ4v) is 4.56. The molecule has 0 radical (unpaired) electrons. The number of anilines is 1. The molecular formula is C27H24N2O4. The molecule has 2 aromatic carbocycles. The zero-order valence-electron chi connectivity index (χ0n) is 18.5. The molecule has 0 aliphatic carbocycles. The summed E-state index contributed by atoms with van der Waals surface area (Å²) in [5, 5.41) is 11.3. The highest BCUT2D eigenvalue weighted by Crippen LogP contribution is 2.43. The zero-order valence-corrected chi connectivity index (χ0v) is 18.5. The number of fused-ring (bicyclic) bond motifs is 1. The van der Waals surface area contributed by atoms with Crippen LogP contribution in [0.3, 0.4) is 0 Å². The third-order valence-corrected chi connectivity index (χ3v) is 6.43. The maximum absolute atomic E-state index is 13.3. The summed E-state index contributed by atoms with van der Waals surface area (Å²) in [5.74, 6) is -0.819. The Morgan fingerprint density at radius 1 is 1.09 bits per heavy atom. The molecule has 1 fully saturated rings. The lowest BCUT2D eigenvalue weighted by molar-refractivity contribution is -0.132. The molecule has 166 valence electrons. The molecule has 1 N–H and O–H groups in total. The molecule has 2 aliphatic rings. The molecule has 5 rings (SSSR count). The van der Waals surface area contributed by atoms with Gasteiger partial charge in [0.25, 0.3) is 11.7 Å². The number of aryl methyl sites for hydroxylation is 2. The third-order valence-electron chi connectivity index (χ3n) is 6.43. The Labute approximate surface area is 192 Å². The summed E-state index contributed by atoms with van der Waals surface area (Å²) in [5.41, 5.74) is 4.54. The zero-order chi connectivity index (χ0) is 23.1. The van der Waals surface area contributed by atoms with E-state index in [0.717, 1.165) is 35.3 Å². The summed E-state index contributed by atoms with van der Waals surface area (Å²) < 4.78 is 5.67. The molecule has 3 aromatic rings. The molecule has 1 unspecified atom stereocenters. The van der Waals surface area contributed by atoms with E-state index in [9.17, 15) is 14.7 Å². The molecule has 33 heavy (non-hydrogen) atoms. The fourth-order valence-electron chi connectivity index (χ4n) is 4.56. The highest BCUT2D eigenvalue weighted by molar-refractivity contribution is 6.51. The molecular weight excluding hydrogens is 416 g/mol. The number of hydrogen-bond acceptors (Lipinski definition) is 5. The van der Waals surface area contributed by atoms with E-state index in [-0.39, 0.29) is 11.3 Å². The maximum Gasteiger partial charge on any atom is 0.300 e. The Morgan fingerprint density at radius 2 is 1.94 bits per heavy atom. The Balaban J connectivity index is 1.71. The van der Waals surface area contributed by atoms with Gasteiger partial charge in [0.05, 0.1) is 17.9 Å². The van der Waals surface area contributed by atoms with Gasteiger partial charge >= 0.3 is 0 Å². The summed E-state index contributed by atoms with van der Waals surface area (Å²) in [6, 6.07) is 15.5. The van der Waals surface area contributed by atoms with Crippen molar-refractivity contribution in [1.29, 1.82) is 0 Å². The Hall–Kier alpha value is -3.93. The summed E-state index contributed by atoms with van der Waals surface area (Å²) in [6.07, 6.45) is 3.34. The number of benzene rings is 2. The highest BCUT2D eigenvalue weighted by atomic mass is 16.5. The minimum atomic E-state index is -0.834. The molecule has 1 atom stereocenters. The van der Waals surface area contributed by atoms with Crippen LogP contribution >= 0.6 is 0 Å². The normalized spacial score (nSPS) is 19.3. The molecule has 2 aliphatic heterocycles. The first-order valence-corrected chi connectivity index (χ1v) is 11.0. The number of nitrogens with zero attached hydrogens (tertiary/aromatic N) is 2. The van der Waals surface area contributed by atoms with Crippen molar-refractivity contribution in [3.05, 3.63) is 94.3 Å². The summed E-state index contributed by atoms with van der Waals surface area (Å²) >= 11 is 0. The van der Waals surface area contributed by atoms with E-state index in [4.69, 9.17) is 4.74 Å². The second-order valence-corrected chi connectivity index (χ2v) is 8.42. The molecule has 3 heterocycles. The smallest absolute Gasteiger partial charge is 0.300 e. The summed E-state index contributed by atoms with van der Waals surface area (Å²) in [7, 11) is 0. The molecule has 0 saturated carbocycles. The van der Waals surface area contributed by atoms with Gasteiger partial charge in [-0.05, 0) is 79.8 Å². The number of aliphatic hydroxyl groups is 1. The topological polar surface area (TPSA) is 79.7 Å². The van der Waals surface area contributed by atoms with E-state index >= 15 is 0 Å². The van der Waals surface area contributed by atoms with Crippen molar-refractivity contribution in [2.24, 2.45) is 0 Å². The van der Waals surface area contributed by atoms with Gasteiger partial charge in [0, 0.05) is 17.4 Å². The van der Waals surface area contributed by atoms with Crippen molar-refractivity contribution in [3.8, 4) is 5.75 Å². The summed E-state index contributed by atoms with van der Waals surface area (Å²) in [4.78, 5) is 32.5. The van der Waals surface area contributed by atoms with Crippen molar-refractivity contribution >= 4 is 23.1 Å². The van der Waals surface area contributed by atoms with Crippen LogP contribution < -0.4 is 9.64 Å². The second kappa shape index (κ2) is 8.20. The number of carbonyl (C=O) groups is 2. The lowest BCUT2D eigenvalue weighted by Crippen LogP contribution is -2.30. The van der Waals surface area contributed by atoms with Crippen LogP contribution in [-0.2, 0) is 16.0 Å². The van der Waals surface area contributed by atoms with Crippen LogP contribution in [0.4, 0.5) is 5.69 Å². The number of amides is 1. The highest BCUT2D eigenvalue weighted by Gasteiger charge is 2.48. The minimum Gasteiger partial charge on any atom is -0.507 e. The van der Waals surface area contributed by atoms with Crippen LogP contribution in [0.2, 0.25) is 0 Å². The van der Waals surface area contributed by atoms with Crippen molar-refractivity contribution in [2.75, 3.05) is 11.5 Å². The van der Waals surface area contributed by atoms with E-state index in [1.54, 1.807) is 30.5 Å². The van der Waals surface area contributed by atoms with E-state index in [2.05, 4.69) is 4.98 Å². The third kappa shape index (κ3) is 3.48. The predicted octanol–water partition coefficient (Wildman–Crippen LogP) is 4.65. The van der Waals surface area contributed by atoms with Crippen LogP contribution in [0.15, 0.2) is 66.4 Å². The number of carbonyl (C=O) groups excluding carboxylic acids is 2. The van der Waals surface area contributed by atoms with E-state index in [1.807, 2.05) is 44.2 Å². The number of ether oxygens (including phenoxy) is 1. The average Bonchev–Trinajstić information content (AvgIpc) is 3.11. The monoisotopic (exact) mass is 440 g/mol. The number of ketones is 1. The Bertz CT molecular complexity index is 1300. The van der Waals surface area contributed by atoms with E-state index in [0.29, 0.717) is 23.6 Å². The lowest BCUT2D eigenvalue weighted by atomic mass is 9.95. The number of rotatable bonds is 3. The molecule has 1 saturated heterocycles. The SMILES string of the molecule is Cc1cccc(N2C(=O)C(=O)/C(=C(\O)c3ccc4c(c3)CCCO4)C2c2ccccn2)c1C. The minimum absolute atomic E-state index is 0.0382. The molecule has 0 bridgehead atoms. The van der Waals surface area contributed by atoms with Crippen LogP contribution in [0.5, 0.6) is 5.75 Å². The number of aliphatic hydroxyl groups excluding tert-OH is 1. The molecule has 6 heteroatoms. The van der Waals surface area contributed by atoms with Gasteiger partial charge in [-0.3, -0.25) is 19.5 Å². The van der Waals surface area contributed by atoms with Gasteiger partial charge in [-0.15, -0.1) is 0 Å². The van der Waals surface area contributed by atoms with E-state index < -0.39 is 17.7 Å². The molecule has 1 aromatic heterocycles. The number of Topliss-reactive ketones (excluding diaryl/α,β-unsaturated/α-hetero) is 1. The van der Waals surface area contributed by atoms with Crippen LogP contribution in [0.25, 0.3) is 5.76 Å². The standard InChI is InChI=1S/C27H24N2O4/c1-16-7-5-10-21(17(16)2)29-24(20-9-3-4-13-28-20)23(26(31)27(29)32)25(30)19-11-12-22-18(15-19)8-6-14-33-22/h3-5,7,9-13,15,24,30H,6,8,14H2,1-2H3/b25-23-. The van der Waals surface area contributed by atoms with Crippen LogP contribution in [0.1, 0.15) is 40.4 Å². The van der Waals surface area contributed by atoms with Crippen molar-refractivity contribution in [1.82, 2.24) is 4.98 Å². The quantitative estimate of drug-likeness (QED) is 0.364. The van der Waals surface area contributed by atoms with Crippen molar-refractivity contribution in [3.63, 3.8) is 0 Å². The number of aromatic nitrogens is 1. The second-order valence-electron chi connectivity index (χ2n) is 8.42. The van der Waals surface area contributed by atoms with Gasteiger partial charge < -0.3 is 9.84 Å². The van der Waals surface area contributed by atoms with Gasteiger partial charge in [0.2, 0.25) is 0 Å². The number of pyridine rings is 1. The van der Waals surface area contributed by atoms with Crippen molar-refractivity contribution < 1.29 is 19.4 Å². The average molecular weight is 440 g/mol.